The van der Waals surface area contributed by atoms with Gasteiger partial charge < -0.3 is 14.6 Å². The lowest BCUT2D eigenvalue weighted by Crippen LogP contribution is -2.20. The first-order valence-electron chi connectivity index (χ1n) is 7.20. The molecule has 0 radical (unpaired) electrons. The maximum absolute atomic E-state index is 12.3. The third-order valence-corrected chi connectivity index (χ3v) is 3.60. The fourth-order valence-electron chi connectivity index (χ4n) is 2.50. The summed E-state index contributed by atoms with van der Waals surface area (Å²) in [4.78, 5) is 24.0. The number of nitrogens with one attached hydrogen (secondary N) is 1. The van der Waals surface area contributed by atoms with E-state index >= 15 is 0 Å². The number of ether oxygens (including phenoxy) is 1. The zero-order valence-electron chi connectivity index (χ0n) is 12.7. The molecule has 0 saturated heterocycles. The number of rotatable bonds is 4. The molecular weight excluding hydrogens is 292 g/mol. The molecule has 3 aromatic rings. The summed E-state index contributed by atoms with van der Waals surface area (Å²) in [5, 5.41) is 3.85. The molecule has 3 rings (SSSR count). The lowest BCUT2D eigenvalue weighted by Gasteiger charge is -2.10. The van der Waals surface area contributed by atoms with Crippen LogP contribution in [0.4, 0.5) is 5.69 Å². The third kappa shape index (κ3) is 3.08. The third-order valence-electron chi connectivity index (χ3n) is 3.60. The van der Waals surface area contributed by atoms with Crippen molar-refractivity contribution < 1.29 is 14.3 Å². The highest BCUT2D eigenvalue weighted by Crippen LogP contribution is 2.18. The lowest BCUT2D eigenvalue weighted by atomic mass is 10.2. The summed E-state index contributed by atoms with van der Waals surface area (Å²) in [6.45, 7) is 0.170. The van der Waals surface area contributed by atoms with Gasteiger partial charge in [-0.05, 0) is 29.7 Å². The van der Waals surface area contributed by atoms with E-state index in [0.29, 0.717) is 11.3 Å². The van der Waals surface area contributed by atoms with Gasteiger partial charge in [0, 0.05) is 11.7 Å². The number of nitrogens with zero attached hydrogens (tertiary/aromatic N) is 1. The molecule has 0 spiro atoms. The molecule has 5 heteroatoms. The summed E-state index contributed by atoms with van der Waals surface area (Å²) >= 11 is 0. The SMILES string of the molecule is COC(=O)c1ccccc1NC(=O)Cn1ccc2ccccc21. The Morgan fingerprint density at radius 3 is 2.61 bits per heavy atom. The number of aromatic nitrogens is 1. The van der Waals surface area contributed by atoms with Crippen molar-refractivity contribution in [1.29, 1.82) is 0 Å². The number of fused-ring (bicyclic) bond motifs is 1. The highest BCUT2D eigenvalue weighted by atomic mass is 16.5. The van der Waals surface area contributed by atoms with Gasteiger partial charge in [-0.1, -0.05) is 30.3 Å². The second-order valence-corrected chi connectivity index (χ2v) is 5.09. The van der Waals surface area contributed by atoms with Gasteiger partial charge in [0.25, 0.3) is 0 Å². The van der Waals surface area contributed by atoms with Crippen molar-refractivity contribution in [2.75, 3.05) is 12.4 Å². The standard InChI is InChI=1S/C18H16N2O3/c1-23-18(22)14-7-3-4-8-15(14)19-17(21)12-20-11-10-13-6-2-5-9-16(13)20/h2-11H,12H2,1H3,(H,19,21). The topological polar surface area (TPSA) is 60.3 Å². The van der Waals surface area contributed by atoms with Gasteiger partial charge in [-0.3, -0.25) is 4.79 Å². The Kier molecular flexibility index (Phi) is 4.10. The van der Waals surface area contributed by atoms with E-state index in [9.17, 15) is 9.59 Å². The van der Waals surface area contributed by atoms with Crippen LogP contribution in [0.5, 0.6) is 0 Å². The number of hydrogen-bond acceptors (Lipinski definition) is 3. The van der Waals surface area contributed by atoms with E-state index in [2.05, 4.69) is 5.32 Å². The molecule has 0 atom stereocenters. The number of anilines is 1. The Bertz CT molecular complexity index is 867. The molecule has 5 nitrogen and oxygen atoms in total. The molecule has 0 aliphatic carbocycles. The summed E-state index contributed by atoms with van der Waals surface area (Å²) in [5.41, 5.74) is 1.77. The smallest absolute Gasteiger partial charge is 0.339 e. The van der Waals surface area contributed by atoms with Gasteiger partial charge in [0.15, 0.2) is 0 Å². The number of amides is 1. The zero-order chi connectivity index (χ0) is 16.2. The van der Waals surface area contributed by atoms with E-state index in [1.165, 1.54) is 7.11 Å². The van der Waals surface area contributed by atoms with E-state index < -0.39 is 5.97 Å². The van der Waals surface area contributed by atoms with Gasteiger partial charge in [0.1, 0.15) is 6.54 Å². The molecule has 1 N–H and O–H groups in total. The molecule has 0 aliphatic heterocycles. The van der Waals surface area contributed by atoms with Crippen molar-refractivity contribution in [1.82, 2.24) is 4.57 Å². The van der Waals surface area contributed by atoms with Gasteiger partial charge in [0.05, 0.1) is 18.4 Å². The number of hydrogen-bond donors (Lipinski definition) is 1. The molecule has 0 saturated carbocycles. The van der Waals surface area contributed by atoms with E-state index in [1.807, 2.05) is 41.1 Å². The molecule has 1 aromatic heterocycles. The van der Waals surface area contributed by atoms with Gasteiger partial charge >= 0.3 is 5.97 Å². The van der Waals surface area contributed by atoms with Gasteiger partial charge in [-0.15, -0.1) is 0 Å². The normalized spacial score (nSPS) is 10.5. The number of benzene rings is 2. The molecule has 116 valence electrons. The maximum Gasteiger partial charge on any atom is 0.339 e. The van der Waals surface area contributed by atoms with E-state index in [1.54, 1.807) is 24.3 Å². The van der Waals surface area contributed by atoms with Crippen molar-refractivity contribution >= 4 is 28.5 Å². The molecule has 1 amide bonds. The van der Waals surface area contributed by atoms with Gasteiger partial charge in [0.2, 0.25) is 5.91 Å². The summed E-state index contributed by atoms with van der Waals surface area (Å²) < 4.78 is 6.59. The Balaban J connectivity index is 1.79. The van der Waals surface area contributed by atoms with Crippen LogP contribution in [0.15, 0.2) is 60.8 Å². The van der Waals surface area contributed by atoms with E-state index in [0.717, 1.165) is 10.9 Å². The number of carbonyl (C=O) groups is 2. The van der Waals surface area contributed by atoms with Gasteiger partial charge in [-0.25, -0.2) is 4.79 Å². The van der Waals surface area contributed by atoms with Crippen LogP contribution in [0.1, 0.15) is 10.4 Å². The molecular formula is C18H16N2O3. The number of carbonyl (C=O) groups excluding carboxylic acids is 2. The number of methoxy groups -OCH3 is 1. The molecule has 1 heterocycles. The summed E-state index contributed by atoms with van der Waals surface area (Å²) in [6.07, 6.45) is 1.87. The Hall–Kier alpha value is -3.08. The first kappa shape index (κ1) is 14.8. The van der Waals surface area contributed by atoms with Crippen molar-refractivity contribution in [3.05, 3.63) is 66.4 Å². The summed E-state index contributed by atoms with van der Waals surface area (Å²) in [7, 11) is 1.31. The van der Waals surface area contributed by atoms with E-state index in [-0.39, 0.29) is 12.5 Å². The van der Waals surface area contributed by atoms with Crippen molar-refractivity contribution in [3.8, 4) is 0 Å². The quantitative estimate of drug-likeness (QED) is 0.754. The minimum absolute atomic E-state index is 0.170. The molecule has 23 heavy (non-hydrogen) atoms. The predicted molar refractivity (Wildman–Crippen MR) is 88.3 cm³/mol. The highest BCUT2D eigenvalue weighted by molar-refractivity contribution is 6.01. The predicted octanol–water partition coefficient (Wildman–Crippen LogP) is 3.07. The average molecular weight is 308 g/mol. The van der Waals surface area contributed by atoms with Crippen LogP contribution in [0, 0.1) is 0 Å². The largest absolute Gasteiger partial charge is 0.465 e. The average Bonchev–Trinajstić information content (AvgIpc) is 2.98. The van der Waals surface area contributed by atoms with Crippen LogP contribution in [0.2, 0.25) is 0 Å². The molecule has 2 aromatic carbocycles. The zero-order valence-corrected chi connectivity index (χ0v) is 12.7. The first-order valence-corrected chi connectivity index (χ1v) is 7.20. The Morgan fingerprint density at radius 2 is 1.78 bits per heavy atom. The van der Waals surface area contributed by atoms with Crippen LogP contribution < -0.4 is 5.32 Å². The van der Waals surface area contributed by atoms with Crippen LogP contribution in [-0.4, -0.2) is 23.6 Å². The highest BCUT2D eigenvalue weighted by Gasteiger charge is 2.13. The Morgan fingerprint density at radius 1 is 1.04 bits per heavy atom. The number of para-hydroxylation sites is 2. The van der Waals surface area contributed by atoms with Crippen LogP contribution in [0.3, 0.4) is 0 Å². The van der Waals surface area contributed by atoms with E-state index in [4.69, 9.17) is 4.74 Å². The second kappa shape index (κ2) is 6.36. The summed E-state index contributed by atoms with van der Waals surface area (Å²) in [6, 6.07) is 16.6. The Labute approximate surface area is 133 Å². The summed E-state index contributed by atoms with van der Waals surface area (Å²) in [5.74, 6) is -0.685. The fraction of sp³-hybridized carbons (Fsp3) is 0.111. The van der Waals surface area contributed by atoms with Crippen LogP contribution in [0.25, 0.3) is 10.9 Å². The molecule has 0 aliphatic rings. The molecule has 0 bridgehead atoms. The van der Waals surface area contributed by atoms with Gasteiger partial charge in [-0.2, -0.15) is 0 Å². The lowest BCUT2D eigenvalue weighted by molar-refractivity contribution is -0.116. The molecule has 0 fully saturated rings. The monoisotopic (exact) mass is 308 g/mol. The minimum Gasteiger partial charge on any atom is -0.465 e. The van der Waals surface area contributed by atoms with Crippen LogP contribution in [-0.2, 0) is 16.1 Å². The fourth-order valence-corrected chi connectivity index (χ4v) is 2.50. The first-order chi connectivity index (χ1) is 11.2. The molecule has 0 unspecified atom stereocenters. The number of esters is 1. The minimum atomic E-state index is -0.479. The van der Waals surface area contributed by atoms with Crippen molar-refractivity contribution in [3.63, 3.8) is 0 Å². The van der Waals surface area contributed by atoms with Crippen molar-refractivity contribution in [2.45, 2.75) is 6.54 Å². The maximum atomic E-state index is 12.3. The van der Waals surface area contributed by atoms with Crippen molar-refractivity contribution in [2.24, 2.45) is 0 Å². The second-order valence-electron chi connectivity index (χ2n) is 5.09. The van der Waals surface area contributed by atoms with Crippen LogP contribution >= 0.6 is 0 Å².